The van der Waals surface area contributed by atoms with Crippen molar-refractivity contribution in [2.24, 2.45) is 17.6 Å². The zero-order valence-electron chi connectivity index (χ0n) is 12.4. The monoisotopic (exact) mass is 278 g/mol. The average Bonchev–Trinajstić information content (AvgIpc) is 3.04. The van der Waals surface area contributed by atoms with Gasteiger partial charge in [-0.2, -0.15) is 4.98 Å². The van der Waals surface area contributed by atoms with E-state index in [1.165, 1.54) is 19.3 Å². The van der Waals surface area contributed by atoms with Crippen molar-refractivity contribution in [3.05, 3.63) is 11.7 Å². The van der Waals surface area contributed by atoms with Gasteiger partial charge in [-0.15, -0.1) is 0 Å². The quantitative estimate of drug-likeness (QED) is 0.892. The van der Waals surface area contributed by atoms with Crippen molar-refractivity contribution in [3.8, 4) is 0 Å². The Labute approximate surface area is 120 Å². The molecule has 0 radical (unpaired) electrons. The van der Waals surface area contributed by atoms with E-state index in [0.29, 0.717) is 12.0 Å². The first-order valence-electron chi connectivity index (χ1n) is 8.05. The van der Waals surface area contributed by atoms with Crippen LogP contribution in [0.3, 0.4) is 0 Å². The van der Waals surface area contributed by atoms with E-state index in [9.17, 15) is 0 Å². The Bertz CT molecular complexity index is 433. The summed E-state index contributed by atoms with van der Waals surface area (Å²) in [5.74, 6) is 3.07. The molecule has 1 saturated heterocycles. The number of unbranched alkanes of at least 4 members (excludes halogenated alkanes) is 1. The molecule has 3 unspecified atom stereocenters. The first-order valence-corrected chi connectivity index (χ1v) is 8.05. The van der Waals surface area contributed by atoms with Gasteiger partial charge in [0.15, 0.2) is 5.82 Å². The minimum Gasteiger partial charge on any atom is -0.338 e. The number of hydrogen-bond acceptors (Lipinski definition) is 5. The molecular formula is C15H26N4O. The lowest BCUT2D eigenvalue weighted by Crippen LogP contribution is -2.38. The normalized spacial score (nSPS) is 30.6. The molecule has 1 aliphatic heterocycles. The van der Waals surface area contributed by atoms with Crippen LogP contribution in [0.1, 0.15) is 50.7 Å². The summed E-state index contributed by atoms with van der Waals surface area (Å²) in [6, 6.07) is 0.390. The Kier molecular flexibility index (Phi) is 4.36. The first kappa shape index (κ1) is 14.0. The predicted octanol–water partition coefficient (Wildman–Crippen LogP) is 1.97. The summed E-state index contributed by atoms with van der Waals surface area (Å²) in [7, 11) is 0. The number of fused-ring (bicyclic) bond motifs is 1. The Hall–Kier alpha value is -0.940. The van der Waals surface area contributed by atoms with Crippen LogP contribution in [0.15, 0.2) is 4.52 Å². The predicted molar refractivity (Wildman–Crippen MR) is 77.0 cm³/mol. The maximum Gasteiger partial charge on any atom is 0.240 e. The van der Waals surface area contributed by atoms with Gasteiger partial charge in [-0.25, -0.2) is 0 Å². The van der Waals surface area contributed by atoms with Crippen LogP contribution in [0.4, 0.5) is 0 Å². The second-order valence-electron chi connectivity index (χ2n) is 6.42. The van der Waals surface area contributed by atoms with Gasteiger partial charge in [-0.3, -0.25) is 4.90 Å². The minimum atomic E-state index is 0.390. The molecule has 1 aliphatic carbocycles. The molecule has 20 heavy (non-hydrogen) atoms. The zero-order chi connectivity index (χ0) is 13.9. The lowest BCUT2D eigenvalue weighted by Gasteiger charge is -2.29. The Morgan fingerprint density at radius 2 is 2.25 bits per heavy atom. The maximum absolute atomic E-state index is 6.26. The number of aryl methyl sites for hydroxylation is 1. The lowest BCUT2D eigenvalue weighted by atomic mass is 9.78. The number of nitrogens with zero attached hydrogens (tertiary/aromatic N) is 3. The molecule has 0 bridgehead atoms. The van der Waals surface area contributed by atoms with E-state index in [0.717, 1.165) is 56.5 Å². The van der Waals surface area contributed by atoms with Crippen LogP contribution in [-0.4, -0.2) is 34.2 Å². The molecule has 2 fully saturated rings. The minimum absolute atomic E-state index is 0.390. The average molecular weight is 278 g/mol. The van der Waals surface area contributed by atoms with E-state index >= 15 is 0 Å². The smallest absolute Gasteiger partial charge is 0.240 e. The van der Waals surface area contributed by atoms with Crippen molar-refractivity contribution < 1.29 is 4.52 Å². The summed E-state index contributed by atoms with van der Waals surface area (Å²) in [5.41, 5.74) is 6.26. The molecule has 1 aromatic rings. The molecule has 2 heterocycles. The fourth-order valence-corrected chi connectivity index (χ4v) is 3.72. The highest BCUT2D eigenvalue weighted by Gasteiger charge is 2.38. The molecule has 0 aromatic carbocycles. The van der Waals surface area contributed by atoms with Crippen LogP contribution in [-0.2, 0) is 13.0 Å². The summed E-state index contributed by atoms with van der Waals surface area (Å²) < 4.78 is 5.37. The van der Waals surface area contributed by atoms with E-state index in [1.807, 2.05) is 0 Å². The van der Waals surface area contributed by atoms with Crippen LogP contribution < -0.4 is 5.73 Å². The van der Waals surface area contributed by atoms with Crippen LogP contribution in [0.25, 0.3) is 0 Å². The molecule has 1 saturated carbocycles. The van der Waals surface area contributed by atoms with E-state index < -0.39 is 0 Å². The third kappa shape index (κ3) is 3.04. The highest BCUT2D eigenvalue weighted by molar-refractivity contribution is 4.95. The molecule has 5 nitrogen and oxygen atoms in total. The number of hydrogen-bond donors (Lipinski definition) is 1. The Morgan fingerprint density at radius 3 is 3.05 bits per heavy atom. The van der Waals surface area contributed by atoms with E-state index in [1.54, 1.807) is 0 Å². The van der Waals surface area contributed by atoms with Crippen molar-refractivity contribution in [2.75, 3.05) is 13.1 Å². The van der Waals surface area contributed by atoms with E-state index in [4.69, 9.17) is 10.3 Å². The standard InChI is InChI=1S/C15H26N4O/c1-2-3-7-14-17-15(20-18-14)10-19-8-11-5-4-6-13(16)12(11)9-19/h11-13H,2-10,16H2,1H3. The van der Waals surface area contributed by atoms with Gasteiger partial charge in [0, 0.05) is 25.6 Å². The van der Waals surface area contributed by atoms with Gasteiger partial charge < -0.3 is 10.3 Å². The number of aromatic nitrogens is 2. The molecule has 2 N–H and O–H groups in total. The molecule has 112 valence electrons. The SMILES string of the molecule is CCCCc1noc(CN2CC3CCCC(N)C3C2)n1. The molecule has 0 amide bonds. The molecular weight excluding hydrogens is 252 g/mol. The maximum atomic E-state index is 6.26. The van der Waals surface area contributed by atoms with Gasteiger partial charge in [0.1, 0.15) is 0 Å². The Morgan fingerprint density at radius 1 is 1.35 bits per heavy atom. The summed E-state index contributed by atoms with van der Waals surface area (Å²) >= 11 is 0. The Balaban J connectivity index is 1.55. The van der Waals surface area contributed by atoms with Gasteiger partial charge in [0.2, 0.25) is 5.89 Å². The highest BCUT2D eigenvalue weighted by atomic mass is 16.5. The van der Waals surface area contributed by atoms with Crippen LogP contribution in [0, 0.1) is 11.8 Å². The van der Waals surface area contributed by atoms with Gasteiger partial charge in [-0.05, 0) is 31.1 Å². The molecule has 3 rings (SSSR count). The summed E-state index contributed by atoms with van der Waals surface area (Å²) in [4.78, 5) is 6.94. The van der Waals surface area contributed by atoms with Crippen LogP contribution in [0.2, 0.25) is 0 Å². The molecule has 0 spiro atoms. The number of rotatable bonds is 5. The summed E-state index contributed by atoms with van der Waals surface area (Å²) in [5, 5.41) is 4.06. The molecule has 3 atom stereocenters. The van der Waals surface area contributed by atoms with Gasteiger partial charge in [0.05, 0.1) is 6.54 Å². The van der Waals surface area contributed by atoms with Crippen molar-refractivity contribution >= 4 is 0 Å². The van der Waals surface area contributed by atoms with Gasteiger partial charge in [0.25, 0.3) is 0 Å². The molecule has 5 heteroatoms. The van der Waals surface area contributed by atoms with Gasteiger partial charge >= 0.3 is 0 Å². The largest absolute Gasteiger partial charge is 0.338 e. The highest BCUT2D eigenvalue weighted by Crippen LogP contribution is 2.35. The summed E-state index contributed by atoms with van der Waals surface area (Å²) in [6.07, 6.45) is 7.03. The third-order valence-electron chi connectivity index (χ3n) is 4.85. The first-order chi connectivity index (χ1) is 9.76. The van der Waals surface area contributed by atoms with Gasteiger partial charge in [-0.1, -0.05) is 24.9 Å². The van der Waals surface area contributed by atoms with Crippen molar-refractivity contribution in [1.82, 2.24) is 15.0 Å². The second kappa shape index (κ2) is 6.22. The van der Waals surface area contributed by atoms with Crippen molar-refractivity contribution in [1.29, 1.82) is 0 Å². The fraction of sp³-hybridized carbons (Fsp3) is 0.867. The summed E-state index contributed by atoms with van der Waals surface area (Å²) in [6.45, 7) is 5.21. The molecule has 2 aliphatic rings. The van der Waals surface area contributed by atoms with Crippen LogP contribution >= 0.6 is 0 Å². The topological polar surface area (TPSA) is 68.2 Å². The lowest BCUT2D eigenvalue weighted by molar-refractivity contribution is 0.252. The zero-order valence-corrected chi connectivity index (χ0v) is 12.4. The van der Waals surface area contributed by atoms with Crippen LogP contribution in [0.5, 0.6) is 0 Å². The molecule has 1 aromatic heterocycles. The fourth-order valence-electron chi connectivity index (χ4n) is 3.72. The number of likely N-dealkylation sites (tertiary alicyclic amines) is 1. The van der Waals surface area contributed by atoms with E-state index in [-0.39, 0.29) is 0 Å². The van der Waals surface area contributed by atoms with Crippen molar-refractivity contribution in [2.45, 2.75) is 58.0 Å². The van der Waals surface area contributed by atoms with Crippen molar-refractivity contribution in [3.63, 3.8) is 0 Å². The van der Waals surface area contributed by atoms with E-state index in [2.05, 4.69) is 22.0 Å². The second-order valence-corrected chi connectivity index (χ2v) is 6.42. The third-order valence-corrected chi connectivity index (χ3v) is 4.85. The number of nitrogens with two attached hydrogens (primary N) is 1.